The van der Waals surface area contributed by atoms with E-state index >= 15 is 0 Å². The van der Waals surface area contributed by atoms with Crippen LogP contribution < -0.4 is 0 Å². The Hall–Kier alpha value is -1.13. The summed E-state index contributed by atoms with van der Waals surface area (Å²) >= 11 is 0. The van der Waals surface area contributed by atoms with Gasteiger partial charge in [0.2, 0.25) is 0 Å². The van der Waals surface area contributed by atoms with Crippen LogP contribution in [0, 0.1) is 19.9 Å². The van der Waals surface area contributed by atoms with Crippen molar-refractivity contribution in [1.29, 1.82) is 0 Å². The van der Waals surface area contributed by atoms with E-state index in [1.807, 2.05) is 18.2 Å². The van der Waals surface area contributed by atoms with Gasteiger partial charge in [0, 0.05) is 21.1 Å². The third-order valence-electron chi connectivity index (χ3n) is 2.72. The van der Waals surface area contributed by atoms with Crippen LogP contribution >= 0.6 is 0 Å². The molecule has 86 valence electrons. The van der Waals surface area contributed by atoms with Gasteiger partial charge in [-0.15, -0.1) is 11.6 Å². The van der Waals surface area contributed by atoms with Crippen molar-refractivity contribution in [3.63, 3.8) is 0 Å². The van der Waals surface area contributed by atoms with Crippen molar-refractivity contribution in [2.45, 2.75) is 13.8 Å². The molecule has 2 rings (SSSR count). The van der Waals surface area contributed by atoms with Crippen molar-refractivity contribution in [1.82, 2.24) is 0 Å². The number of benzene rings is 2. The molecular formula is C16H15W-. The molecule has 2 aromatic rings. The molecule has 0 aliphatic rings. The largest absolute Gasteiger partial charge is 0.183 e. The zero-order valence-electron chi connectivity index (χ0n) is 10.1. The fraction of sp³-hybridized carbons (Fsp3) is 0.125. The van der Waals surface area contributed by atoms with E-state index in [1.54, 1.807) is 0 Å². The SMILES string of the molecule is Cc1cccc(C)c1/C=C\c1c[c-]ccc1.[W]. The minimum Gasteiger partial charge on any atom is -0.183 e. The van der Waals surface area contributed by atoms with E-state index in [-0.39, 0.29) is 21.1 Å². The van der Waals surface area contributed by atoms with E-state index in [9.17, 15) is 0 Å². The van der Waals surface area contributed by atoms with E-state index in [0.717, 1.165) is 0 Å². The van der Waals surface area contributed by atoms with Gasteiger partial charge < -0.3 is 0 Å². The second-order valence-corrected chi connectivity index (χ2v) is 3.98. The summed E-state index contributed by atoms with van der Waals surface area (Å²) < 4.78 is 0. The van der Waals surface area contributed by atoms with E-state index < -0.39 is 0 Å². The molecule has 0 saturated heterocycles. The van der Waals surface area contributed by atoms with Gasteiger partial charge in [-0.05, 0) is 30.5 Å². The first-order valence-corrected chi connectivity index (χ1v) is 5.48. The predicted octanol–water partition coefficient (Wildman–Crippen LogP) is 4.27. The molecule has 0 fully saturated rings. The summed E-state index contributed by atoms with van der Waals surface area (Å²) in [6, 6.07) is 17.4. The molecule has 0 N–H and O–H groups in total. The van der Waals surface area contributed by atoms with Crippen LogP contribution in [0.15, 0.2) is 42.5 Å². The summed E-state index contributed by atoms with van der Waals surface area (Å²) in [6.07, 6.45) is 4.31. The second-order valence-electron chi connectivity index (χ2n) is 3.98. The van der Waals surface area contributed by atoms with Crippen LogP contribution in [0.5, 0.6) is 0 Å². The standard InChI is InChI=1S/C16H15.W/c1-13-7-6-8-14(2)16(13)12-11-15-9-4-3-5-10-15;/h3-4,6-12H,1-2H3;/q-1;/b12-11-;. The molecule has 0 atom stereocenters. The monoisotopic (exact) mass is 391 g/mol. The maximum Gasteiger partial charge on any atom is 0 e. The summed E-state index contributed by atoms with van der Waals surface area (Å²) in [5, 5.41) is 0. The van der Waals surface area contributed by atoms with Crippen LogP contribution in [-0.2, 0) is 21.1 Å². The fourth-order valence-electron chi connectivity index (χ4n) is 1.78. The molecule has 2 aromatic carbocycles. The summed E-state index contributed by atoms with van der Waals surface area (Å²) in [5.41, 5.74) is 5.13. The van der Waals surface area contributed by atoms with Gasteiger partial charge in [-0.2, -0.15) is 30.3 Å². The molecule has 0 bridgehead atoms. The van der Waals surface area contributed by atoms with Crippen molar-refractivity contribution in [3.05, 3.63) is 70.8 Å². The Kier molecular flexibility index (Phi) is 5.38. The molecule has 0 aromatic heterocycles. The van der Waals surface area contributed by atoms with Crippen molar-refractivity contribution < 1.29 is 21.1 Å². The molecule has 1 heteroatoms. The molecule has 0 unspecified atom stereocenters. The average Bonchev–Trinajstić information content (AvgIpc) is 2.30. The minimum atomic E-state index is 0. The van der Waals surface area contributed by atoms with E-state index in [1.165, 1.54) is 22.3 Å². The average molecular weight is 391 g/mol. The maximum absolute atomic E-state index is 3.08. The molecule has 0 spiro atoms. The van der Waals surface area contributed by atoms with Gasteiger partial charge in [0.25, 0.3) is 0 Å². The normalized spacial score (nSPS) is 10.2. The molecule has 17 heavy (non-hydrogen) atoms. The zero-order chi connectivity index (χ0) is 11.4. The summed E-state index contributed by atoms with van der Waals surface area (Å²) in [5.74, 6) is 0. The van der Waals surface area contributed by atoms with Crippen LogP contribution in [0.3, 0.4) is 0 Å². The molecule has 0 aliphatic heterocycles. The quantitative estimate of drug-likeness (QED) is 0.530. The second kappa shape index (κ2) is 6.57. The zero-order valence-corrected chi connectivity index (χ0v) is 13.0. The molecule has 0 nitrogen and oxygen atoms in total. The van der Waals surface area contributed by atoms with Crippen molar-refractivity contribution in [2.75, 3.05) is 0 Å². The van der Waals surface area contributed by atoms with Gasteiger partial charge >= 0.3 is 0 Å². The number of hydrogen-bond donors (Lipinski definition) is 0. The van der Waals surface area contributed by atoms with Crippen molar-refractivity contribution in [2.24, 2.45) is 0 Å². The van der Waals surface area contributed by atoms with E-state index in [0.29, 0.717) is 0 Å². The topological polar surface area (TPSA) is 0 Å². The Labute approximate surface area is 118 Å². The Morgan fingerprint density at radius 2 is 1.65 bits per heavy atom. The molecular weight excluding hydrogens is 376 g/mol. The van der Waals surface area contributed by atoms with Crippen molar-refractivity contribution >= 4 is 12.2 Å². The summed E-state index contributed by atoms with van der Waals surface area (Å²) in [6.45, 7) is 4.29. The Bertz CT molecular complexity index is 478. The summed E-state index contributed by atoms with van der Waals surface area (Å²) in [4.78, 5) is 0. The van der Waals surface area contributed by atoms with Crippen molar-refractivity contribution in [3.8, 4) is 0 Å². The van der Waals surface area contributed by atoms with Gasteiger partial charge in [0.1, 0.15) is 0 Å². The third-order valence-corrected chi connectivity index (χ3v) is 2.72. The van der Waals surface area contributed by atoms with E-state index in [4.69, 9.17) is 0 Å². The number of rotatable bonds is 2. The van der Waals surface area contributed by atoms with E-state index in [2.05, 4.69) is 56.3 Å². The van der Waals surface area contributed by atoms with Gasteiger partial charge in [-0.25, -0.2) is 0 Å². The van der Waals surface area contributed by atoms with Gasteiger partial charge in [0.05, 0.1) is 0 Å². The Morgan fingerprint density at radius 3 is 2.24 bits per heavy atom. The molecule has 0 heterocycles. The summed E-state index contributed by atoms with van der Waals surface area (Å²) in [7, 11) is 0. The van der Waals surface area contributed by atoms with Crippen LogP contribution in [-0.4, -0.2) is 0 Å². The smallest absolute Gasteiger partial charge is 0 e. The first-order chi connectivity index (χ1) is 7.77. The van der Waals surface area contributed by atoms with Crippen LogP contribution in [0.4, 0.5) is 0 Å². The first kappa shape index (κ1) is 13.9. The van der Waals surface area contributed by atoms with Gasteiger partial charge in [-0.1, -0.05) is 24.3 Å². The van der Waals surface area contributed by atoms with Gasteiger partial charge in [0.15, 0.2) is 0 Å². The predicted molar refractivity (Wildman–Crippen MR) is 70.1 cm³/mol. The molecule has 0 amide bonds. The molecule has 0 aliphatic carbocycles. The Balaban J connectivity index is 0.00000144. The van der Waals surface area contributed by atoms with Crippen LogP contribution in [0.1, 0.15) is 22.3 Å². The maximum atomic E-state index is 3.08. The Morgan fingerprint density at radius 1 is 0.941 bits per heavy atom. The third kappa shape index (κ3) is 3.68. The minimum absolute atomic E-state index is 0. The van der Waals surface area contributed by atoms with Gasteiger partial charge in [-0.3, -0.25) is 0 Å². The van der Waals surface area contributed by atoms with Crippen LogP contribution in [0.25, 0.3) is 12.2 Å². The number of hydrogen-bond acceptors (Lipinski definition) is 0. The molecule has 0 radical (unpaired) electrons. The first-order valence-electron chi connectivity index (χ1n) is 5.48. The van der Waals surface area contributed by atoms with Crippen LogP contribution in [0.2, 0.25) is 0 Å². The fourth-order valence-corrected chi connectivity index (χ4v) is 1.78. The molecule has 0 saturated carbocycles. The number of aryl methyl sites for hydroxylation is 2.